The molecule has 0 aliphatic heterocycles. The van der Waals surface area contributed by atoms with Crippen LogP contribution in [-0.2, 0) is 27.3 Å². The number of hydrogen-bond donors (Lipinski definition) is 0. The van der Waals surface area contributed by atoms with Gasteiger partial charge in [0.1, 0.15) is 24.7 Å². The quantitative estimate of drug-likeness (QED) is 0.369. The van der Waals surface area contributed by atoms with Crippen molar-refractivity contribution in [2.24, 2.45) is 0 Å². The van der Waals surface area contributed by atoms with Crippen molar-refractivity contribution in [2.75, 3.05) is 26.9 Å². The van der Waals surface area contributed by atoms with Crippen molar-refractivity contribution in [3.63, 3.8) is 0 Å². The number of carbonyl (C=O) groups excluding carboxylic acids is 1. The fourth-order valence-electron chi connectivity index (χ4n) is 2.47. The Labute approximate surface area is 175 Å². The molecule has 0 saturated carbocycles. The van der Waals surface area contributed by atoms with Gasteiger partial charge < -0.3 is 18.9 Å². The Bertz CT molecular complexity index is 779. The van der Waals surface area contributed by atoms with Crippen LogP contribution in [0.15, 0.2) is 36.4 Å². The molecule has 0 radical (unpaired) electrons. The molecule has 0 aliphatic rings. The van der Waals surface area contributed by atoms with E-state index in [9.17, 15) is 4.79 Å². The molecule has 0 N–H and O–H groups in total. The van der Waals surface area contributed by atoms with E-state index in [1.165, 1.54) is 0 Å². The van der Waals surface area contributed by atoms with Gasteiger partial charge in [0.25, 0.3) is 0 Å². The number of hydrogen-bond acceptors (Lipinski definition) is 5. The van der Waals surface area contributed by atoms with E-state index in [2.05, 4.69) is 0 Å². The predicted octanol–water partition coefficient (Wildman–Crippen LogP) is 5.09. The molecule has 2 aromatic rings. The number of aryl methyl sites for hydroxylation is 1. The van der Waals surface area contributed by atoms with Crippen LogP contribution in [0.2, 0.25) is 10.0 Å². The lowest BCUT2D eigenvalue weighted by Crippen LogP contribution is -2.07. The molecule has 0 heterocycles. The average Bonchev–Trinajstić information content (AvgIpc) is 2.67. The normalized spacial score (nSPS) is 10.6. The maximum atomic E-state index is 11.7. The van der Waals surface area contributed by atoms with Crippen LogP contribution in [0.5, 0.6) is 11.5 Å². The van der Waals surface area contributed by atoms with Gasteiger partial charge in [0.2, 0.25) is 0 Å². The van der Waals surface area contributed by atoms with Crippen LogP contribution in [0.3, 0.4) is 0 Å². The molecular weight excluding hydrogens is 403 g/mol. The summed E-state index contributed by atoms with van der Waals surface area (Å²) in [5.74, 6) is 1.05. The SMILES string of the molecule is CCOC(=O)CCc1ccc(OCCOC)cc1OCc1ccc(Cl)cc1Cl. The van der Waals surface area contributed by atoms with Gasteiger partial charge in [-0.3, -0.25) is 4.79 Å². The van der Waals surface area contributed by atoms with Crippen molar-refractivity contribution in [1.29, 1.82) is 0 Å². The van der Waals surface area contributed by atoms with E-state index < -0.39 is 0 Å². The topological polar surface area (TPSA) is 54.0 Å². The Morgan fingerprint density at radius 1 is 1.00 bits per heavy atom. The fourth-order valence-corrected chi connectivity index (χ4v) is 2.94. The lowest BCUT2D eigenvalue weighted by molar-refractivity contribution is -0.143. The van der Waals surface area contributed by atoms with E-state index in [-0.39, 0.29) is 19.0 Å². The molecule has 28 heavy (non-hydrogen) atoms. The van der Waals surface area contributed by atoms with Gasteiger partial charge in [-0.15, -0.1) is 0 Å². The molecule has 0 amide bonds. The second kappa shape index (κ2) is 11.8. The third kappa shape index (κ3) is 7.23. The molecule has 0 bridgehead atoms. The van der Waals surface area contributed by atoms with E-state index in [1.807, 2.05) is 18.2 Å². The molecule has 7 heteroatoms. The first-order chi connectivity index (χ1) is 13.5. The molecule has 0 spiro atoms. The van der Waals surface area contributed by atoms with Gasteiger partial charge >= 0.3 is 5.97 Å². The molecule has 2 aromatic carbocycles. The van der Waals surface area contributed by atoms with Gasteiger partial charge in [-0.25, -0.2) is 0 Å². The summed E-state index contributed by atoms with van der Waals surface area (Å²) in [6.07, 6.45) is 0.774. The van der Waals surface area contributed by atoms with Crippen LogP contribution in [0.1, 0.15) is 24.5 Å². The van der Waals surface area contributed by atoms with Crippen molar-refractivity contribution in [1.82, 2.24) is 0 Å². The maximum Gasteiger partial charge on any atom is 0.306 e. The van der Waals surface area contributed by atoms with E-state index in [1.54, 1.807) is 32.2 Å². The third-order valence-electron chi connectivity index (χ3n) is 3.90. The number of benzene rings is 2. The van der Waals surface area contributed by atoms with Gasteiger partial charge in [0.15, 0.2) is 0 Å². The zero-order valence-electron chi connectivity index (χ0n) is 16.0. The third-order valence-corrected chi connectivity index (χ3v) is 4.48. The van der Waals surface area contributed by atoms with Gasteiger partial charge in [-0.2, -0.15) is 0 Å². The van der Waals surface area contributed by atoms with Crippen LogP contribution < -0.4 is 9.47 Å². The Morgan fingerprint density at radius 3 is 2.50 bits per heavy atom. The number of halogens is 2. The number of ether oxygens (including phenoxy) is 4. The smallest absolute Gasteiger partial charge is 0.306 e. The molecule has 152 valence electrons. The standard InChI is InChI=1S/C21H24Cl2O5/c1-3-26-21(24)9-6-15-5-8-18(27-11-10-25-2)13-20(15)28-14-16-4-7-17(22)12-19(16)23/h4-5,7-8,12-13H,3,6,9-11,14H2,1-2H3. The summed E-state index contributed by atoms with van der Waals surface area (Å²) >= 11 is 12.2. The van der Waals surface area contributed by atoms with Gasteiger partial charge in [0, 0.05) is 35.2 Å². The first-order valence-corrected chi connectivity index (χ1v) is 9.76. The van der Waals surface area contributed by atoms with Crippen molar-refractivity contribution < 1.29 is 23.7 Å². The maximum absolute atomic E-state index is 11.7. The lowest BCUT2D eigenvalue weighted by atomic mass is 10.1. The summed E-state index contributed by atoms with van der Waals surface area (Å²) in [6, 6.07) is 10.8. The highest BCUT2D eigenvalue weighted by Crippen LogP contribution is 2.29. The monoisotopic (exact) mass is 426 g/mol. The number of esters is 1. The first-order valence-electron chi connectivity index (χ1n) is 9.00. The van der Waals surface area contributed by atoms with Crippen LogP contribution >= 0.6 is 23.2 Å². The van der Waals surface area contributed by atoms with Crippen LogP contribution in [-0.4, -0.2) is 32.9 Å². The molecular formula is C21H24Cl2O5. The zero-order chi connectivity index (χ0) is 20.4. The summed E-state index contributed by atoms with van der Waals surface area (Å²) in [5, 5.41) is 1.10. The summed E-state index contributed by atoms with van der Waals surface area (Å²) in [4.78, 5) is 11.7. The number of methoxy groups -OCH3 is 1. The molecule has 0 saturated heterocycles. The van der Waals surface area contributed by atoms with E-state index in [0.29, 0.717) is 47.8 Å². The lowest BCUT2D eigenvalue weighted by Gasteiger charge is -2.15. The highest BCUT2D eigenvalue weighted by molar-refractivity contribution is 6.35. The number of rotatable bonds is 11. The fraction of sp³-hybridized carbons (Fsp3) is 0.381. The van der Waals surface area contributed by atoms with Crippen LogP contribution in [0, 0.1) is 0 Å². The highest BCUT2D eigenvalue weighted by Gasteiger charge is 2.11. The van der Waals surface area contributed by atoms with Gasteiger partial charge in [-0.05, 0) is 37.1 Å². The van der Waals surface area contributed by atoms with Crippen molar-refractivity contribution in [3.05, 3.63) is 57.6 Å². The summed E-state index contributed by atoms with van der Waals surface area (Å²) in [5.41, 5.74) is 1.70. The minimum atomic E-state index is -0.241. The van der Waals surface area contributed by atoms with Gasteiger partial charge in [-0.1, -0.05) is 35.3 Å². The zero-order valence-corrected chi connectivity index (χ0v) is 17.5. The van der Waals surface area contributed by atoms with Crippen LogP contribution in [0.25, 0.3) is 0 Å². The second-order valence-corrected chi connectivity index (χ2v) is 6.78. The summed E-state index contributed by atoms with van der Waals surface area (Å²) < 4.78 is 21.7. The van der Waals surface area contributed by atoms with E-state index in [4.69, 9.17) is 42.1 Å². The second-order valence-electron chi connectivity index (χ2n) is 5.94. The van der Waals surface area contributed by atoms with Crippen molar-refractivity contribution in [3.8, 4) is 11.5 Å². The highest BCUT2D eigenvalue weighted by atomic mass is 35.5. The van der Waals surface area contributed by atoms with E-state index in [0.717, 1.165) is 11.1 Å². The molecule has 0 aromatic heterocycles. The minimum Gasteiger partial charge on any atom is -0.491 e. The minimum absolute atomic E-state index is 0.241. The van der Waals surface area contributed by atoms with Crippen molar-refractivity contribution in [2.45, 2.75) is 26.4 Å². The Balaban J connectivity index is 2.12. The Morgan fingerprint density at radius 2 is 1.79 bits per heavy atom. The van der Waals surface area contributed by atoms with Crippen molar-refractivity contribution >= 4 is 29.2 Å². The van der Waals surface area contributed by atoms with Gasteiger partial charge in [0.05, 0.1) is 13.2 Å². The van der Waals surface area contributed by atoms with Crippen LogP contribution in [0.4, 0.5) is 0 Å². The first kappa shape index (κ1) is 22.3. The molecule has 0 fully saturated rings. The molecule has 0 atom stereocenters. The predicted molar refractivity (Wildman–Crippen MR) is 110 cm³/mol. The Hall–Kier alpha value is -1.95. The summed E-state index contributed by atoms with van der Waals surface area (Å²) in [6.45, 7) is 3.34. The molecule has 2 rings (SSSR count). The summed E-state index contributed by atoms with van der Waals surface area (Å²) in [7, 11) is 1.62. The average molecular weight is 427 g/mol. The Kier molecular flexibility index (Phi) is 9.41. The molecule has 5 nitrogen and oxygen atoms in total. The van der Waals surface area contributed by atoms with E-state index >= 15 is 0 Å². The molecule has 0 unspecified atom stereocenters. The number of carbonyl (C=O) groups is 1. The largest absolute Gasteiger partial charge is 0.491 e. The molecule has 0 aliphatic carbocycles.